The van der Waals surface area contributed by atoms with Crippen LogP contribution in [0.5, 0.6) is 0 Å². The first kappa shape index (κ1) is 35.2. The van der Waals surface area contributed by atoms with E-state index in [-0.39, 0.29) is 19.1 Å². The number of likely N-dealkylation sites (N-methyl/N-ethyl adjacent to an activating group) is 1. The third-order valence-electron chi connectivity index (χ3n) is 6.00. The molecule has 0 aliphatic rings. The minimum Gasteiger partial charge on any atom is -0.756 e. The van der Waals surface area contributed by atoms with E-state index in [0.29, 0.717) is 17.4 Å². The van der Waals surface area contributed by atoms with Crippen LogP contribution in [0.1, 0.15) is 104 Å². The molecule has 0 aliphatic heterocycles. The van der Waals surface area contributed by atoms with Gasteiger partial charge in [0.15, 0.2) is 0 Å². The third-order valence-corrected chi connectivity index (χ3v) is 6.96. The van der Waals surface area contributed by atoms with Gasteiger partial charge in [0.25, 0.3) is 7.82 Å². The maximum absolute atomic E-state index is 12.3. The van der Waals surface area contributed by atoms with Crippen molar-refractivity contribution in [3.8, 4) is 0 Å². The molecule has 36 heavy (non-hydrogen) atoms. The molecule has 0 saturated heterocycles. The van der Waals surface area contributed by atoms with Crippen LogP contribution in [0.2, 0.25) is 0 Å². The van der Waals surface area contributed by atoms with E-state index in [4.69, 9.17) is 9.05 Å². The lowest BCUT2D eigenvalue weighted by Crippen LogP contribution is -2.45. The Labute approximate surface area is 221 Å². The van der Waals surface area contributed by atoms with Crippen LogP contribution >= 0.6 is 7.82 Å². The Morgan fingerprint density at radius 3 is 2.08 bits per heavy atom. The molecule has 2 N–H and O–H groups in total. The van der Waals surface area contributed by atoms with Crippen molar-refractivity contribution >= 4 is 13.7 Å². The van der Waals surface area contributed by atoms with Crippen LogP contribution in [-0.2, 0) is 18.4 Å². The minimum absolute atomic E-state index is 0.000478. The second kappa shape index (κ2) is 21.2. The van der Waals surface area contributed by atoms with Crippen LogP contribution < -0.4 is 10.2 Å². The van der Waals surface area contributed by atoms with Crippen molar-refractivity contribution < 1.29 is 32.9 Å². The number of hydrogen-bond donors (Lipinski definition) is 2. The number of rotatable bonds is 24. The zero-order valence-electron chi connectivity index (χ0n) is 23.7. The molecule has 3 atom stereocenters. The lowest BCUT2D eigenvalue weighted by atomic mass is 10.1. The summed E-state index contributed by atoms with van der Waals surface area (Å²) >= 11 is 0. The van der Waals surface area contributed by atoms with Gasteiger partial charge in [-0.3, -0.25) is 9.36 Å². The Hall–Kier alpha value is -0.760. The van der Waals surface area contributed by atoms with E-state index in [0.717, 1.165) is 38.5 Å². The summed E-state index contributed by atoms with van der Waals surface area (Å²) in [5.41, 5.74) is 0. The van der Waals surface area contributed by atoms with E-state index in [9.17, 15) is 19.4 Å². The summed E-state index contributed by atoms with van der Waals surface area (Å²) in [7, 11) is 1.25. The predicted molar refractivity (Wildman–Crippen MR) is 145 cm³/mol. The molecule has 214 valence electrons. The van der Waals surface area contributed by atoms with Crippen LogP contribution in [0.4, 0.5) is 0 Å². The fraction of sp³-hybridized carbons (Fsp3) is 0.889. The highest BCUT2D eigenvalue weighted by atomic mass is 31.2. The fourth-order valence-corrected chi connectivity index (χ4v) is 4.34. The fourth-order valence-electron chi connectivity index (χ4n) is 3.62. The minimum atomic E-state index is -4.54. The molecule has 0 fully saturated rings. The highest BCUT2D eigenvalue weighted by molar-refractivity contribution is 7.45. The number of nitrogens with zero attached hydrogens (tertiary/aromatic N) is 1. The second-order valence-electron chi connectivity index (χ2n) is 10.8. The number of unbranched alkanes of at least 4 members (excludes halogenated alkanes) is 11. The highest BCUT2D eigenvalue weighted by Gasteiger charge is 2.23. The summed E-state index contributed by atoms with van der Waals surface area (Å²) in [6.07, 6.45) is 17.6. The van der Waals surface area contributed by atoms with Crippen LogP contribution in [-0.4, -0.2) is 68.5 Å². The topological polar surface area (TPSA) is 108 Å². The zero-order valence-corrected chi connectivity index (χ0v) is 24.6. The standard InChI is InChI=1S/C27H55N2O6P/c1-6-8-10-11-12-13-14-15-16-17-19-20-26(30)25(28-27(31)21-18-9-7-2)24-35-36(32,33)34-23-22-29(3,4)5/h19-20,25-26,30H,6-18,21-24H2,1-5H3,(H-,28,31,32,33)/b20-19+. The van der Waals surface area contributed by atoms with Crippen LogP contribution in [0.3, 0.4) is 0 Å². The van der Waals surface area contributed by atoms with Gasteiger partial charge in [0.1, 0.15) is 13.2 Å². The molecule has 0 aromatic carbocycles. The molecule has 0 rings (SSSR count). The number of amides is 1. The summed E-state index contributed by atoms with van der Waals surface area (Å²) in [4.78, 5) is 24.5. The Morgan fingerprint density at radius 2 is 1.50 bits per heavy atom. The Kier molecular flexibility index (Phi) is 20.8. The molecule has 8 nitrogen and oxygen atoms in total. The highest BCUT2D eigenvalue weighted by Crippen LogP contribution is 2.38. The number of quaternary nitrogens is 1. The summed E-state index contributed by atoms with van der Waals surface area (Å²) in [5, 5.41) is 13.4. The number of carbonyl (C=O) groups is 1. The van der Waals surface area contributed by atoms with E-state index in [1.165, 1.54) is 44.9 Å². The normalized spacial score (nSPS) is 15.6. The predicted octanol–water partition coefficient (Wildman–Crippen LogP) is 5.10. The summed E-state index contributed by atoms with van der Waals surface area (Å²) in [5.74, 6) is -0.227. The monoisotopic (exact) mass is 534 g/mol. The van der Waals surface area contributed by atoms with Gasteiger partial charge in [-0.05, 0) is 19.3 Å². The first-order valence-corrected chi connectivity index (χ1v) is 15.5. The number of phosphoric ester groups is 1. The molecule has 0 spiro atoms. The average molecular weight is 535 g/mol. The smallest absolute Gasteiger partial charge is 0.268 e. The van der Waals surface area contributed by atoms with E-state index in [2.05, 4.69) is 19.2 Å². The molecular formula is C27H55N2O6P. The molecule has 0 heterocycles. The number of nitrogens with one attached hydrogen (secondary N) is 1. The van der Waals surface area contributed by atoms with Crippen molar-refractivity contribution in [2.75, 3.05) is 40.9 Å². The van der Waals surface area contributed by atoms with E-state index in [1.54, 1.807) is 6.08 Å². The van der Waals surface area contributed by atoms with Crippen molar-refractivity contribution in [2.45, 2.75) is 116 Å². The second-order valence-corrected chi connectivity index (χ2v) is 12.2. The quantitative estimate of drug-likeness (QED) is 0.0772. The molecule has 1 amide bonds. The number of aliphatic hydroxyl groups excluding tert-OH is 1. The molecule has 3 unspecified atom stereocenters. The lowest BCUT2D eigenvalue weighted by Gasteiger charge is -2.29. The number of hydrogen-bond acceptors (Lipinski definition) is 6. The maximum Gasteiger partial charge on any atom is 0.268 e. The van der Waals surface area contributed by atoms with Crippen molar-refractivity contribution in [3.05, 3.63) is 12.2 Å². The number of carbonyl (C=O) groups excluding carboxylic acids is 1. The van der Waals surface area contributed by atoms with Crippen molar-refractivity contribution in [3.63, 3.8) is 0 Å². The summed E-state index contributed by atoms with van der Waals surface area (Å²) in [6.45, 7) is 4.40. The average Bonchev–Trinajstić information content (AvgIpc) is 2.79. The van der Waals surface area contributed by atoms with Gasteiger partial charge in [-0.1, -0.05) is 90.2 Å². The van der Waals surface area contributed by atoms with Crippen LogP contribution in [0.15, 0.2) is 12.2 Å². The lowest BCUT2D eigenvalue weighted by molar-refractivity contribution is -0.870. The first-order chi connectivity index (χ1) is 17.0. The van der Waals surface area contributed by atoms with Gasteiger partial charge in [0.2, 0.25) is 5.91 Å². The van der Waals surface area contributed by atoms with Gasteiger partial charge in [0.05, 0.1) is 39.9 Å². The number of aliphatic hydroxyl groups is 1. The Bertz CT molecular complexity index is 624. The molecule has 0 bridgehead atoms. The van der Waals surface area contributed by atoms with E-state index >= 15 is 0 Å². The maximum atomic E-state index is 12.3. The molecule has 0 aromatic rings. The first-order valence-electron chi connectivity index (χ1n) is 14.1. The Morgan fingerprint density at radius 1 is 0.944 bits per heavy atom. The largest absolute Gasteiger partial charge is 0.756 e. The Balaban J connectivity index is 4.59. The molecule has 0 aliphatic carbocycles. The third kappa shape index (κ3) is 22.4. The van der Waals surface area contributed by atoms with Crippen LogP contribution in [0.25, 0.3) is 0 Å². The summed E-state index contributed by atoms with van der Waals surface area (Å²) in [6, 6.07) is -0.872. The van der Waals surface area contributed by atoms with Gasteiger partial charge in [-0.25, -0.2) is 0 Å². The van der Waals surface area contributed by atoms with Gasteiger partial charge >= 0.3 is 0 Å². The van der Waals surface area contributed by atoms with Gasteiger partial charge in [-0.2, -0.15) is 0 Å². The summed E-state index contributed by atoms with van der Waals surface area (Å²) < 4.78 is 22.7. The molecule has 9 heteroatoms. The molecule has 0 aromatic heterocycles. The molecule has 0 saturated carbocycles. The number of phosphoric acid groups is 1. The molecule has 0 radical (unpaired) electrons. The van der Waals surface area contributed by atoms with Crippen molar-refractivity contribution in [1.82, 2.24) is 5.32 Å². The van der Waals surface area contributed by atoms with E-state index < -0.39 is 20.0 Å². The van der Waals surface area contributed by atoms with Gasteiger partial charge in [0, 0.05) is 6.42 Å². The van der Waals surface area contributed by atoms with Gasteiger partial charge in [-0.15, -0.1) is 0 Å². The number of allylic oxidation sites excluding steroid dienone is 1. The SMILES string of the molecule is CCCCCCCCCCC/C=C/C(O)C(COP(=O)([O-])OCC[N+](C)(C)C)NC(=O)CCCCC. The van der Waals surface area contributed by atoms with Crippen molar-refractivity contribution in [2.24, 2.45) is 0 Å². The van der Waals surface area contributed by atoms with Crippen molar-refractivity contribution in [1.29, 1.82) is 0 Å². The van der Waals surface area contributed by atoms with E-state index in [1.807, 2.05) is 27.2 Å². The molecular weight excluding hydrogens is 479 g/mol. The zero-order chi connectivity index (χ0) is 27.3. The van der Waals surface area contributed by atoms with Crippen LogP contribution in [0, 0.1) is 0 Å². The van der Waals surface area contributed by atoms with Gasteiger partial charge < -0.3 is 28.8 Å².